The van der Waals surface area contributed by atoms with E-state index in [9.17, 15) is 28.8 Å². The Kier molecular flexibility index (Phi) is 13.5. The van der Waals surface area contributed by atoms with Gasteiger partial charge in [-0.1, -0.05) is 64.1 Å². The Hall–Kier alpha value is -5.40. The first-order chi connectivity index (χ1) is 22.8. The van der Waals surface area contributed by atoms with Crippen LogP contribution in [-0.2, 0) is 38.2 Å². The molecule has 1 aliphatic rings. The summed E-state index contributed by atoms with van der Waals surface area (Å²) in [5.74, 6) is -7.92. The first-order valence-electron chi connectivity index (χ1n) is 15.6. The van der Waals surface area contributed by atoms with Crippen molar-refractivity contribution in [3.63, 3.8) is 0 Å². The van der Waals surface area contributed by atoms with Gasteiger partial charge in [0.15, 0.2) is 0 Å². The molecular weight excluding hydrogens is 620 g/mol. The fraction of sp³-hybridized carbons (Fsp3) is 0.412. The Morgan fingerprint density at radius 1 is 0.625 bits per heavy atom. The van der Waals surface area contributed by atoms with E-state index in [1.54, 1.807) is 62.4 Å². The molecule has 1 fully saturated rings. The molecular formula is C34H42N6O8. The van der Waals surface area contributed by atoms with Crippen molar-refractivity contribution >= 4 is 58.4 Å². The number of amides is 4. The molecule has 48 heavy (non-hydrogen) atoms. The first kappa shape index (κ1) is 37.1. The van der Waals surface area contributed by atoms with Crippen molar-refractivity contribution in [1.82, 2.24) is 10.9 Å². The number of hydrogen-bond acceptors (Lipinski definition) is 10. The Balaban J connectivity index is 1.88. The van der Waals surface area contributed by atoms with Crippen LogP contribution in [0.5, 0.6) is 0 Å². The van der Waals surface area contributed by atoms with Crippen LogP contribution in [0.25, 0.3) is 0 Å². The number of nitrogens with zero attached hydrogens (tertiary/aromatic N) is 2. The molecule has 0 bridgehead atoms. The second kappa shape index (κ2) is 17.5. The second-order valence-corrected chi connectivity index (χ2v) is 12.2. The van der Waals surface area contributed by atoms with E-state index in [-0.39, 0.29) is 49.3 Å². The average molecular weight is 663 g/mol. The van der Waals surface area contributed by atoms with Crippen molar-refractivity contribution in [2.45, 2.75) is 54.4 Å². The van der Waals surface area contributed by atoms with Crippen LogP contribution in [0, 0.1) is 37.5 Å². The largest absolute Gasteiger partial charge is 0.465 e. The van der Waals surface area contributed by atoms with E-state index in [2.05, 4.69) is 31.7 Å². The zero-order chi connectivity index (χ0) is 35.4. The van der Waals surface area contributed by atoms with Crippen LogP contribution < -0.4 is 21.5 Å². The number of hydrogen-bond donors (Lipinski definition) is 4. The van der Waals surface area contributed by atoms with Gasteiger partial charge in [0.1, 0.15) is 11.8 Å². The SMILES string of the molecule is Cc1ccccc1NC(=O)C(=O)N/N=C1/C[C@@H](C(=O)OCC(C)C)/C(=N\NC(=O)C(=O)Nc2ccccc2C)C[C@H]1C(=O)OCC(C)C. The fourth-order valence-electron chi connectivity index (χ4n) is 4.45. The fourth-order valence-corrected chi connectivity index (χ4v) is 4.45. The normalized spacial score (nSPS) is 17.5. The van der Waals surface area contributed by atoms with Crippen molar-refractivity contribution in [1.29, 1.82) is 0 Å². The van der Waals surface area contributed by atoms with Gasteiger partial charge in [0.05, 0.1) is 24.6 Å². The highest BCUT2D eigenvalue weighted by Gasteiger charge is 2.42. The molecule has 0 saturated heterocycles. The summed E-state index contributed by atoms with van der Waals surface area (Å²) >= 11 is 0. The molecule has 0 spiro atoms. The topological polar surface area (TPSA) is 194 Å². The van der Waals surface area contributed by atoms with E-state index in [1.165, 1.54) is 0 Å². The maximum absolute atomic E-state index is 13.3. The van der Waals surface area contributed by atoms with Crippen LogP contribution in [0.4, 0.5) is 11.4 Å². The molecule has 1 saturated carbocycles. The molecule has 0 aromatic heterocycles. The van der Waals surface area contributed by atoms with E-state index in [0.29, 0.717) is 11.4 Å². The monoisotopic (exact) mass is 662 g/mol. The van der Waals surface area contributed by atoms with E-state index >= 15 is 0 Å². The molecule has 256 valence electrons. The van der Waals surface area contributed by atoms with Crippen LogP contribution in [0.3, 0.4) is 0 Å². The second-order valence-electron chi connectivity index (χ2n) is 12.2. The van der Waals surface area contributed by atoms with E-state index in [0.717, 1.165) is 11.1 Å². The number of esters is 2. The summed E-state index contributed by atoms with van der Waals surface area (Å²) in [6.07, 6.45) is -0.523. The lowest BCUT2D eigenvalue weighted by atomic mass is 9.78. The number of carbonyl (C=O) groups is 6. The third kappa shape index (κ3) is 10.9. The first-order valence-corrected chi connectivity index (χ1v) is 15.6. The van der Waals surface area contributed by atoms with Gasteiger partial charge in [-0.15, -0.1) is 0 Å². The standard InChI is InChI=1S/C34H42N6O8/c1-19(2)17-47-33(45)23-15-28(38-40-32(44)30(42)36-26-14-10-8-12-22(26)6)24(34(46)48-18-20(3)4)16-27(23)37-39-31(43)29(41)35-25-13-9-7-11-21(25)5/h7-14,19-20,23-24H,15-18H2,1-6H3,(H,35,41)(H,36,42)(H,39,43)(H,40,44)/b37-27-,38-28-/t23-,24-/m1/s1. The number of aryl methyl sites for hydroxylation is 2. The van der Waals surface area contributed by atoms with Gasteiger partial charge in [-0.3, -0.25) is 28.8 Å². The molecule has 4 N–H and O–H groups in total. The molecule has 14 nitrogen and oxygen atoms in total. The summed E-state index contributed by atoms with van der Waals surface area (Å²) in [5.41, 5.74) is 6.76. The van der Waals surface area contributed by atoms with Gasteiger partial charge >= 0.3 is 35.6 Å². The minimum absolute atomic E-state index is 0.000667. The number of nitrogens with one attached hydrogen (secondary N) is 4. The lowest BCUT2D eigenvalue weighted by Crippen LogP contribution is -2.44. The maximum Gasteiger partial charge on any atom is 0.329 e. The molecule has 3 rings (SSSR count). The molecule has 4 amide bonds. The van der Waals surface area contributed by atoms with Gasteiger partial charge in [0.25, 0.3) is 0 Å². The van der Waals surface area contributed by atoms with Crippen molar-refractivity contribution in [2.75, 3.05) is 23.8 Å². The van der Waals surface area contributed by atoms with Gasteiger partial charge < -0.3 is 20.1 Å². The molecule has 1 aliphatic carbocycles. The Bertz CT molecular complexity index is 1480. The van der Waals surface area contributed by atoms with Crippen LogP contribution in [0.15, 0.2) is 58.7 Å². The van der Waals surface area contributed by atoms with Gasteiger partial charge in [-0.05, 0) is 48.9 Å². The predicted molar refractivity (Wildman–Crippen MR) is 179 cm³/mol. The molecule has 0 aliphatic heterocycles. The van der Waals surface area contributed by atoms with Crippen LogP contribution >= 0.6 is 0 Å². The Morgan fingerprint density at radius 3 is 1.31 bits per heavy atom. The molecule has 0 heterocycles. The van der Waals surface area contributed by atoms with Crippen molar-refractivity contribution in [3.05, 3.63) is 59.7 Å². The van der Waals surface area contributed by atoms with Gasteiger partial charge in [0.2, 0.25) is 0 Å². The predicted octanol–water partition coefficient (Wildman–Crippen LogP) is 3.25. The number of carbonyl (C=O) groups excluding carboxylic acids is 6. The number of benzene rings is 2. The highest BCUT2D eigenvalue weighted by atomic mass is 16.5. The zero-order valence-electron chi connectivity index (χ0n) is 27.9. The number of para-hydroxylation sites is 2. The van der Waals surface area contributed by atoms with Crippen molar-refractivity contribution < 1.29 is 38.2 Å². The van der Waals surface area contributed by atoms with Crippen molar-refractivity contribution in [2.24, 2.45) is 33.9 Å². The molecule has 2 atom stereocenters. The zero-order valence-corrected chi connectivity index (χ0v) is 27.9. The number of anilines is 2. The van der Waals surface area contributed by atoms with E-state index < -0.39 is 47.4 Å². The lowest BCUT2D eigenvalue weighted by molar-refractivity contribution is -0.149. The summed E-state index contributed by atoms with van der Waals surface area (Å²) in [6.45, 7) is 11.1. The Labute approximate surface area is 279 Å². The van der Waals surface area contributed by atoms with Crippen LogP contribution in [0.2, 0.25) is 0 Å². The highest BCUT2D eigenvalue weighted by Crippen LogP contribution is 2.28. The summed E-state index contributed by atoms with van der Waals surface area (Å²) in [4.78, 5) is 77.1. The number of ether oxygens (including phenoxy) is 2. The minimum atomic E-state index is -1.14. The van der Waals surface area contributed by atoms with E-state index in [1.807, 2.05) is 27.7 Å². The summed E-state index contributed by atoms with van der Waals surface area (Å²) < 4.78 is 10.9. The Morgan fingerprint density at radius 2 is 0.979 bits per heavy atom. The summed E-state index contributed by atoms with van der Waals surface area (Å²) in [6, 6.07) is 13.8. The molecule has 2 aromatic rings. The van der Waals surface area contributed by atoms with E-state index in [4.69, 9.17) is 9.47 Å². The number of rotatable bonds is 10. The quantitative estimate of drug-likeness (QED) is 0.169. The van der Waals surface area contributed by atoms with Crippen LogP contribution in [-0.4, -0.2) is 60.2 Å². The third-order valence-electron chi connectivity index (χ3n) is 7.12. The average Bonchev–Trinajstić information content (AvgIpc) is 3.05. The summed E-state index contributed by atoms with van der Waals surface area (Å²) in [5, 5.41) is 13.2. The maximum atomic E-state index is 13.3. The minimum Gasteiger partial charge on any atom is -0.465 e. The third-order valence-corrected chi connectivity index (χ3v) is 7.12. The van der Waals surface area contributed by atoms with Gasteiger partial charge in [-0.25, -0.2) is 10.9 Å². The van der Waals surface area contributed by atoms with Crippen molar-refractivity contribution in [3.8, 4) is 0 Å². The van der Waals surface area contributed by atoms with Gasteiger partial charge in [0, 0.05) is 24.2 Å². The molecule has 0 radical (unpaired) electrons. The smallest absolute Gasteiger partial charge is 0.329 e. The summed E-state index contributed by atoms with van der Waals surface area (Å²) in [7, 11) is 0. The van der Waals surface area contributed by atoms with Crippen LogP contribution in [0.1, 0.15) is 51.7 Å². The lowest BCUT2D eigenvalue weighted by Gasteiger charge is -2.29. The highest BCUT2D eigenvalue weighted by molar-refractivity contribution is 6.40. The van der Waals surface area contributed by atoms with Gasteiger partial charge in [-0.2, -0.15) is 10.2 Å². The molecule has 0 unspecified atom stereocenters. The molecule has 14 heteroatoms. The molecule has 2 aromatic carbocycles. The number of hydrazone groups is 2.